The summed E-state index contributed by atoms with van der Waals surface area (Å²) in [5, 5.41) is 14.4. The Morgan fingerprint density at radius 2 is 1.79 bits per heavy atom. The normalized spacial score (nSPS) is 11.5. The largest absolute Gasteiger partial charge is 0.478 e. The number of aryl methyl sites for hydroxylation is 3. The number of benzene rings is 2. The lowest BCUT2D eigenvalue weighted by molar-refractivity contribution is -0.152. The number of rotatable bonds is 10. The van der Waals surface area contributed by atoms with Crippen LogP contribution in [0.1, 0.15) is 49.7 Å². The zero-order valence-corrected chi connectivity index (χ0v) is 20.2. The minimum absolute atomic E-state index is 0.119. The Hall–Kier alpha value is -3.06. The number of nitrogens with zero attached hydrogens (tertiary/aromatic N) is 3. The van der Waals surface area contributed by atoms with Crippen molar-refractivity contribution in [1.82, 2.24) is 14.3 Å². The van der Waals surface area contributed by atoms with E-state index in [1.165, 1.54) is 18.5 Å². The Bertz CT molecular complexity index is 1180. The first-order valence-electron chi connectivity index (χ1n) is 11.0. The molecule has 0 fully saturated rings. The van der Waals surface area contributed by atoms with Crippen LogP contribution in [-0.4, -0.2) is 31.0 Å². The predicted octanol–water partition coefficient (Wildman–Crippen LogP) is 4.49. The zero-order valence-electron chi connectivity index (χ0n) is 19.5. The van der Waals surface area contributed by atoms with Gasteiger partial charge in [0.25, 0.3) is 0 Å². The fourth-order valence-corrected chi connectivity index (χ4v) is 3.72. The Kier molecular flexibility index (Phi) is 7.64. The van der Waals surface area contributed by atoms with Gasteiger partial charge in [-0.1, -0.05) is 35.9 Å². The monoisotopic (exact) mass is 471 g/mol. The Labute approximate surface area is 198 Å². The highest BCUT2D eigenvalue weighted by molar-refractivity contribution is 6.31. The SMILES string of the molecule is CCn1c(CCCc2ccc(OC(C)(C)C(=O)O)cc2)nn(Cc2ccc(C)c(Cl)c2)c1=O. The minimum Gasteiger partial charge on any atom is -0.478 e. The van der Waals surface area contributed by atoms with Crippen molar-refractivity contribution in [2.45, 2.75) is 65.6 Å². The third kappa shape index (κ3) is 6.05. The number of hydrogen-bond donors (Lipinski definition) is 1. The molecule has 8 heteroatoms. The van der Waals surface area contributed by atoms with Crippen molar-refractivity contribution >= 4 is 17.6 Å². The third-order valence-electron chi connectivity index (χ3n) is 5.56. The molecular formula is C25H30ClN3O4. The van der Waals surface area contributed by atoms with Crippen molar-refractivity contribution in [3.8, 4) is 5.75 Å². The number of hydrogen-bond acceptors (Lipinski definition) is 4. The Morgan fingerprint density at radius 1 is 1.12 bits per heavy atom. The molecule has 33 heavy (non-hydrogen) atoms. The van der Waals surface area contributed by atoms with Crippen LogP contribution in [0.2, 0.25) is 5.02 Å². The van der Waals surface area contributed by atoms with Gasteiger partial charge in [0.1, 0.15) is 11.6 Å². The molecule has 0 aliphatic rings. The van der Waals surface area contributed by atoms with E-state index in [0.29, 0.717) is 30.3 Å². The van der Waals surface area contributed by atoms with Crippen LogP contribution in [0.5, 0.6) is 5.75 Å². The van der Waals surface area contributed by atoms with E-state index in [2.05, 4.69) is 5.10 Å². The van der Waals surface area contributed by atoms with E-state index in [4.69, 9.17) is 16.3 Å². The summed E-state index contributed by atoms with van der Waals surface area (Å²) in [6, 6.07) is 13.2. The lowest BCUT2D eigenvalue weighted by Crippen LogP contribution is -2.37. The molecule has 7 nitrogen and oxygen atoms in total. The number of carbonyl (C=O) groups is 1. The number of aromatic nitrogens is 3. The molecule has 0 saturated heterocycles. The minimum atomic E-state index is -1.28. The smallest absolute Gasteiger partial charge is 0.347 e. The number of halogens is 1. The van der Waals surface area contributed by atoms with E-state index < -0.39 is 11.6 Å². The molecule has 0 atom stereocenters. The molecule has 0 aliphatic carbocycles. The first-order valence-corrected chi connectivity index (χ1v) is 11.4. The maximum absolute atomic E-state index is 12.8. The molecule has 3 aromatic rings. The van der Waals surface area contributed by atoms with Gasteiger partial charge in [0.15, 0.2) is 5.60 Å². The summed E-state index contributed by atoms with van der Waals surface area (Å²) >= 11 is 6.22. The fourth-order valence-electron chi connectivity index (χ4n) is 3.51. The number of ether oxygens (including phenoxy) is 1. The maximum Gasteiger partial charge on any atom is 0.347 e. The molecule has 0 amide bonds. The molecular weight excluding hydrogens is 442 g/mol. The number of carboxylic acids is 1. The van der Waals surface area contributed by atoms with Gasteiger partial charge in [-0.25, -0.2) is 14.3 Å². The van der Waals surface area contributed by atoms with Crippen LogP contribution < -0.4 is 10.4 Å². The van der Waals surface area contributed by atoms with Gasteiger partial charge in [0.05, 0.1) is 6.54 Å². The van der Waals surface area contributed by atoms with Crippen molar-refractivity contribution in [1.29, 1.82) is 0 Å². The van der Waals surface area contributed by atoms with Gasteiger partial charge in [0.2, 0.25) is 0 Å². The average Bonchev–Trinajstić information content (AvgIpc) is 3.06. The second-order valence-electron chi connectivity index (χ2n) is 8.60. The van der Waals surface area contributed by atoms with E-state index in [0.717, 1.165) is 35.4 Å². The molecule has 1 N–H and O–H groups in total. The number of carboxylic acid groups (broad SMARTS) is 1. The van der Waals surface area contributed by atoms with Crippen LogP contribution in [0.4, 0.5) is 0 Å². The van der Waals surface area contributed by atoms with E-state index >= 15 is 0 Å². The van der Waals surface area contributed by atoms with E-state index in [-0.39, 0.29) is 5.69 Å². The van der Waals surface area contributed by atoms with Gasteiger partial charge < -0.3 is 9.84 Å². The first-order chi connectivity index (χ1) is 15.6. The van der Waals surface area contributed by atoms with Crippen molar-refractivity contribution in [2.24, 2.45) is 0 Å². The van der Waals surface area contributed by atoms with E-state index in [1.807, 2.05) is 44.2 Å². The van der Waals surface area contributed by atoms with Gasteiger partial charge in [-0.2, -0.15) is 5.10 Å². The standard InChI is InChI=1S/C25H30ClN3O4/c1-5-28-22(27-29(24(28)32)16-19-10-9-17(2)21(26)15-19)8-6-7-18-11-13-20(14-12-18)33-25(3,4)23(30)31/h9-15H,5-8,16H2,1-4H3,(H,30,31). The van der Waals surface area contributed by atoms with E-state index in [1.54, 1.807) is 16.7 Å². The van der Waals surface area contributed by atoms with E-state index in [9.17, 15) is 14.7 Å². The Morgan fingerprint density at radius 3 is 2.39 bits per heavy atom. The topological polar surface area (TPSA) is 86.3 Å². The molecule has 1 aromatic heterocycles. The van der Waals surface area contributed by atoms with Crippen LogP contribution >= 0.6 is 11.6 Å². The summed E-state index contributed by atoms with van der Waals surface area (Å²) in [4.78, 5) is 24.0. The molecule has 3 rings (SSSR count). The number of aliphatic carboxylic acids is 1. The summed E-state index contributed by atoms with van der Waals surface area (Å²) < 4.78 is 8.75. The van der Waals surface area contributed by atoms with Gasteiger partial charge in [-0.15, -0.1) is 0 Å². The molecule has 0 spiro atoms. The van der Waals surface area contributed by atoms with Crippen LogP contribution in [-0.2, 0) is 30.7 Å². The summed E-state index contributed by atoms with van der Waals surface area (Å²) in [6.07, 6.45) is 2.31. The van der Waals surface area contributed by atoms with Gasteiger partial charge >= 0.3 is 11.7 Å². The molecule has 0 unspecified atom stereocenters. The molecule has 2 aromatic carbocycles. The lowest BCUT2D eigenvalue weighted by Gasteiger charge is -2.21. The molecule has 0 saturated carbocycles. The summed E-state index contributed by atoms with van der Waals surface area (Å²) in [7, 11) is 0. The van der Waals surface area contributed by atoms with Crippen LogP contribution in [0.25, 0.3) is 0 Å². The average molecular weight is 472 g/mol. The van der Waals surface area contributed by atoms with Crippen LogP contribution in [0, 0.1) is 6.92 Å². The van der Waals surface area contributed by atoms with Crippen LogP contribution in [0.15, 0.2) is 47.3 Å². The van der Waals surface area contributed by atoms with Crippen LogP contribution in [0.3, 0.4) is 0 Å². The quantitative estimate of drug-likeness (QED) is 0.470. The maximum atomic E-state index is 12.8. The molecule has 176 valence electrons. The molecule has 1 heterocycles. The first kappa shape index (κ1) is 24.6. The third-order valence-corrected chi connectivity index (χ3v) is 5.97. The molecule has 0 radical (unpaired) electrons. The highest BCUT2D eigenvalue weighted by atomic mass is 35.5. The summed E-state index contributed by atoms with van der Waals surface area (Å²) in [6.45, 7) is 7.87. The Balaban J connectivity index is 1.63. The van der Waals surface area contributed by atoms with Crippen molar-refractivity contribution < 1.29 is 14.6 Å². The second-order valence-corrected chi connectivity index (χ2v) is 9.01. The lowest BCUT2D eigenvalue weighted by atomic mass is 10.1. The highest BCUT2D eigenvalue weighted by Crippen LogP contribution is 2.20. The van der Waals surface area contributed by atoms with Crippen molar-refractivity contribution in [3.05, 3.63) is 80.5 Å². The van der Waals surface area contributed by atoms with Gasteiger partial charge in [-0.3, -0.25) is 4.57 Å². The summed E-state index contributed by atoms with van der Waals surface area (Å²) in [5.74, 6) is 0.267. The zero-order chi connectivity index (χ0) is 24.2. The second kappa shape index (κ2) is 10.3. The fraction of sp³-hybridized carbons (Fsp3) is 0.400. The van der Waals surface area contributed by atoms with Crippen molar-refractivity contribution in [3.63, 3.8) is 0 Å². The van der Waals surface area contributed by atoms with Crippen molar-refractivity contribution in [2.75, 3.05) is 0 Å². The van der Waals surface area contributed by atoms with Gasteiger partial charge in [0, 0.05) is 18.0 Å². The van der Waals surface area contributed by atoms with Gasteiger partial charge in [-0.05, 0) is 75.4 Å². The predicted molar refractivity (Wildman–Crippen MR) is 128 cm³/mol. The highest BCUT2D eigenvalue weighted by Gasteiger charge is 2.29. The molecule has 0 bridgehead atoms. The molecule has 0 aliphatic heterocycles. The summed E-state index contributed by atoms with van der Waals surface area (Å²) in [5.41, 5.74) is 1.64.